The van der Waals surface area contributed by atoms with E-state index < -0.39 is 0 Å². The molecule has 1 saturated heterocycles. The van der Waals surface area contributed by atoms with Crippen LogP contribution in [-0.4, -0.2) is 38.8 Å². The summed E-state index contributed by atoms with van der Waals surface area (Å²) in [5.41, 5.74) is 1.05. The lowest BCUT2D eigenvalue weighted by Gasteiger charge is -2.27. The summed E-state index contributed by atoms with van der Waals surface area (Å²) in [4.78, 5) is 11.3. The van der Waals surface area contributed by atoms with Crippen molar-refractivity contribution in [2.45, 2.75) is 38.6 Å². The van der Waals surface area contributed by atoms with Crippen LogP contribution < -0.4 is 9.64 Å². The lowest BCUT2D eigenvalue weighted by Crippen LogP contribution is -2.35. The quantitative estimate of drug-likeness (QED) is 0.715. The molecule has 1 atom stereocenters. The summed E-state index contributed by atoms with van der Waals surface area (Å²) in [7, 11) is 0. The minimum absolute atomic E-state index is 0.329. The van der Waals surface area contributed by atoms with Gasteiger partial charge in [0.15, 0.2) is 0 Å². The predicted octanol–water partition coefficient (Wildman–Crippen LogP) is 3.30. The maximum absolute atomic E-state index is 6.01. The first-order chi connectivity index (χ1) is 12.2. The Balaban J connectivity index is 1.61. The van der Waals surface area contributed by atoms with Crippen molar-refractivity contribution >= 4 is 11.6 Å². The molecule has 3 aromatic rings. The fraction of sp³-hybridized carbons (Fsp3) is 0.421. The van der Waals surface area contributed by atoms with Gasteiger partial charge in [-0.05, 0) is 30.9 Å². The zero-order valence-electron chi connectivity index (χ0n) is 14.7. The molecule has 0 amide bonds. The number of benzene rings is 1. The monoisotopic (exact) mass is 337 g/mol. The average Bonchev–Trinajstić information content (AvgIpc) is 3.29. The first-order valence-electron chi connectivity index (χ1n) is 8.87. The van der Waals surface area contributed by atoms with Crippen LogP contribution in [0.1, 0.15) is 38.3 Å². The van der Waals surface area contributed by atoms with Gasteiger partial charge in [-0.25, -0.2) is 4.98 Å². The highest BCUT2D eigenvalue weighted by atomic mass is 16.5. The van der Waals surface area contributed by atoms with E-state index in [1.165, 1.54) is 0 Å². The van der Waals surface area contributed by atoms with Crippen LogP contribution >= 0.6 is 0 Å². The van der Waals surface area contributed by atoms with Crippen molar-refractivity contribution < 1.29 is 4.74 Å². The fourth-order valence-corrected chi connectivity index (χ4v) is 3.33. The summed E-state index contributed by atoms with van der Waals surface area (Å²) >= 11 is 0. The molecule has 25 heavy (non-hydrogen) atoms. The van der Waals surface area contributed by atoms with Crippen molar-refractivity contribution in [3.63, 3.8) is 0 Å². The van der Waals surface area contributed by atoms with Crippen molar-refractivity contribution in [1.29, 1.82) is 0 Å². The Morgan fingerprint density at radius 3 is 2.88 bits per heavy atom. The standard InChI is InChI=1S/C19H23N5O/c1-14(2)17-11-18(24-19(22-17)20-13-21-24)23-10-6-7-15(23)12-25-16-8-4-3-5-9-16/h3-5,8-9,11,13-15H,6-7,10,12H2,1-2H3/t15-/m0/s1. The van der Waals surface area contributed by atoms with E-state index in [9.17, 15) is 0 Å². The van der Waals surface area contributed by atoms with E-state index in [0.717, 1.165) is 36.6 Å². The normalized spacial score (nSPS) is 17.6. The van der Waals surface area contributed by atoms with Crippen LogP contribution in [0.5, 0.6) is 5.75 Å². The lowest BCUT2D eigenvalue weighted by atomic mass is 10.1. The number of nitrogens with zero attached hydrogens (tertiary/aromatic N) is 5. The Hall–Kier alpha value is -2.63. The highest BCUT2D eigenvalue weighted by Gasteiger charge is 2.28. The molecular weight excluding hydrogens is 314 g/mol. The Labute approximate surface area is 147 Å². The van der Waals surface area contributed by atoms with E-state index in [0.29, 0.717) is 24.3 Å². The lowest BCUT2D eigenvalue weighted by molar-refractivity contribution is 0.288. The van der Waals surface area contributed by atoms with E-state index in [2.05, 4.69) is 39.9 Å². The summed E-state index contributed by atoms with van der Waals surface area (Å²) in [6.45, 7) is 5.97. The van der Waals surface area contributed by atoms with E-state index in [1.54, 1.807) is 6.33 Å². The van der Waals surface area contributed by atoms with Crippen molar-refractivity contribution in [3.8, 4) is 5.75 Å². The van der Waals surface area contributed by atoms with Gasteiger partial charge in [0.1, 0.15) is 24.5 Å². The maximum atomic E-state index is 6.01. The van der Waals surface area contributed by atoms with Crippen LogP contribution in [0, 0.1) is 0 Å². The third-order valence-corrected chi connectivity index (χ3v) is 4.70. The summed E-state index contributed by atoms with van der Waals surface area (Å²) in [5.74, 6) is 2.99. The molecule has 3 heterocycles. The second-order valence-electron chi connectivity index (χ2n) is 6.78. The molecule has 0 bridgehead atoms. The molecule has 4 rings (SSSR count). The number of fused-ring (bicyclic) bond motifs is 1. The van der Waals surface area contributed by atoms with Crippen LogP contribution in [0.15, 0.2) is 42.7 Å². The molecule has 0 unspecified atom stereocenters. The van der Waals surface area contributed by atoms with Gasteiger partial charge in [-0.2, -0.15) is 14.6 Å². The zero-order valence-corrected chi connectivity index (χ0v) is 14.7. The van der Waals surface area contributed by atoms with Gasteiger partial charge in [0, 0.05) is 12.6 Å². The van der Waals surface area contributed by atoms with Crippen LogP contribution in [0.2, 0.25) is 0 Å². The fourth-order valence-electron chi connectivity index (χ4n) is 3.33. The molecule has 1 aliphatic heterocycles. The van der Waals surface area contributed by atoms with E-state index in [1.807, 2.05) is 34.8 Å². The zero-order chi connectivity index (χ0) is 17.2. The Morgan fingerprint density at radius 1 is 1.24 bits per heavy atom. The van der Waals surface area contributed by atoms with Gasteiger partial charge in [0.05, 0.1) is 11.7 Å². The largest absolute Gasteiger partial charge is 0.491 e. The number of anilines is 1. The molecular formula is C19H23N5O. The first-order valence-corrected chi connectivity index (χ1v) is 8.87. The predicted molar refractivity (Wildman–Crippen MR) is 97.2 cm³/mol. The average molecular weight is 337 g/mol. The van der Waals surface area contributed by atoms with Crippen LogP contribution in [0.4, 0.5) is 5.82 Å². The van der Waals surface area contributed by atoms with Crippen molar-refractivity contribution in [3.05, 3.63) is 48.4 Å². The molecule has 6 heteroatoms. The van der Waals surface area contributed by atoms with Gasteiger partial charge in [0.25, 0.3) is 5.78 Å². The minimum atomic E-state index is 0.329. The van der Waals surface area contributed by atoms with Gasteiger partial charge >= 0.3 is 0 Å². The number of aromatic nitrogens is 4. The Bertz CT molecular complexity index is 845. The molecule has 1 aliphatic rings. The number of hydrogen-bond donors (Lipinski definition) is 0. The second-order valence-corrected chi connectivity index (χ2v) is 6.78. The SMILES string of the molecule is CC(C)c1cc(N2CCC[C@H]2COc2ccccc2)n2ncnc2n1. The molecule has 130 valence electrons. The van der Waals surface area contributed by atoms with E-state index in [4.69, 9.17) is 4.74 Å². The van der Waals surface area contributed by atoms with Gasteiger partial charge in [0.2, 0.25) is 0 Å². The molecule has 2 aromatic heterocycles. The molecule has 0 saturated carbocycles. The van der Waals surface area contributed by atoms with Crippen LogP contribution in [0.3, 0.4) is 0 Å². The summed E-state index contributed by atoms with van der Waals surface area (Å²) in [5, 5.41) is 4.38. The van der Waals surface area contributed by atoms with Crippen LogP contribution in [0.25, 0.3) is 5.78 Å². The molecule has 0 spiro atoms. The van der Waals surface area contributed by atoms with Crippen molar-refractivity contribution in [2.24, 2.45) is 0 Å². The maximum Gasteiger partial charge on any atom is 0.254 e. The molecule has 1 aromatic carbocycles. The topological polar surface area (TPSA) is 55.6 Å². The third-order valence-electron chi connectivity index (χ3n) is 4.70. The Kier molecular flexibility index (Phi) is 4.26. The third kappa shape index (κ3) is 3.16. The highest BCUT2D eigenvalue weighted by Crippen LogP contribution is 2.28. The van der Waals surface area contributed by atoms with Gasteiger partial charge in [-0.1, -0.05) is 32.0 Å². The number of rotatable bonds is 5. The molecule has 0 aliphatic carbocycles. The van der Waals surface area contributed by atoms with Gasteiger partial charge in [-0.15, -0.1) is 0 Å². The second kappa shape index (κ2) is 6.70. The van der Waals surface area contributed by atoms with Crippen LogP contribution in [-0.2, 0) is 0 Å². The van der Waals surface area contributed by atoms with Gasteiger partial charge < -0.3 is 9.64 Å². The minimum Gasteiger partial charge on any atom is -0.491 e. The summed E-state index contributed by atoms with van der Waals surface area (Å²) in [6, 6.07) is 12.5. The highest BCUT2D eigenvalue weighted by molar-refractivity contribution is 5.49. The summed E-state index contributed by atoms with van der Waals surface area (Å²) in [6.07, 6.45) is 3.84. The number of ether oxygens (including phenoxy) is 1. The first kappa shape index (κ1) is 15.9. The van der Waals surface area contributed by atoms with Crippen molar-refractivity contribution in [1.82, 2.24) is 19.6 Å². The van der Waals surface area contributed by atoms with Crippen molar-refractivity contribution in [2.75, 3.05) is 18.1 Å². The number of para-hydroxylation sites is 1. The number of hydrogen-bond acceptors (Lipinski definition) is 5. The molecule has 0 N–H and O–H groups in total. The van der Waals surface area contributed by atoms with Gasteiger partial charge in [-0.3, -0.25) is 0 Å². The smallest absolute Gasteiger partial charge is 0.254 e. The van der Waals surface area contributed by atoms with E-state index >= 15 is 0 Å². The van der Waals surface area contributed by atoms with E-state index in [-0.39, 0.29) is 0 Å². The Morgan fingerprint density at radius 2 is 2.08 bits per heavy atom. The molecule has 0 radical (unpaired) electrons. The molecule has 6 nitrogen and oxygen atoms in total. The molecule has 1 fully saturated rings. The summed E-state index contributed by atoms with van der Waals surface area (Å²) < 4.78 is 7.85.